The number of ether oxygens (including phenoxy) is 1. The van der Waals surface area contributed by atoms with Crippen LogP contribution in [0.2, 0.25) is 0 Å². The van der Waals surface area contributed by atoms with Crippen molar-refractivity contribution in [1.29, 1.82) is 0 Å². The van der Waals surface area contributed by atoms with E-state index in [1.165, 1.54) is 43.2 Å². The lowest BCUT2D eigenvalue weighted by Crippen LogP contribution is -2.32. The van der Waals surface area contributed by atoms with Crippen LogP contribution >= 0.6 is 0 Å². The smallest absolute Gasteiger partial charge is 0.242 e. The molecule has 1 saturated carbocycles. The number of benzene rings is 1. The number of hydrogen-bond donors (Lipinski definition) is 1. The van der Waals surface area contributed by atoms with Gasteiger partial charge in [-0.1, -0.05) is 53.0 Å². The van der Waals surface area contributed by atoms with Crippen LogP contribution in [0.25, 0.3) is 11.3 Å². The molecule has 1 aliphatic heterocycles. The maximum atomic E-state index is 13.6. The second-order valence-electron chi connectivity index (χ2n) is 12.0. The number of rotatable bonds is 8. The zero-order chi connectivity index (χ0) is 25.9. The van der Waals surface area contributed by atoms with Crippen molar-refractivity contribution in [1.82, 2.24) is 9.29 Å². The normalized spacial score (nSPS) is 18.6. The first kappa shape index (κ1) is 27.4. The quantitative estimate of drug-likeness (QED) is 0.431. The standard InChI is InChI=1S/C30H46N2O3S/c1-6-23-16-26(18-27(17-23)30(3,4)5)28-19-29(22(2)32(28)21-25-10-8-7-9-11-25)36(33,34)31-20-24-12-14-35-15-13-24/h16-19,24-25,31H,6-15,20-21H2,1-5H3. The molecule has 2 aliphatic rings. The molecule has 1 saturated heterocycles. The highest BCUT2D eigenvalue weighted by molar-refractivity contribution is 7.89. The molecule has 2 fully saturated rings. The van der Waals surface area contributed by atoms with Gasteiger partial charge in [0.1, 0.15) is 4.90 Å². The number of nitrogens with one attached hydrogen (secondary N) is 1. The van der Waals surface area contributed by atoms with Gasteiger partial charge in [-0.2, -0.15) is 0 Å². The highest BCUT2D eigenvalue weighted by Gasteiger charge is 2.27. The Hall–Kier alpha value is -1.63. The summed E-state index contributed by atoms with van der Waals surface area (Å²) in [4.78, 5) is 0.430. The van der Waals surface area contributed by atoms with Gasteiger partial charge in [0.25, 0.3) is 0 Å². The zero-order valence-corrected chi connectivity index (χ0v) is 23.8. The summed E-state index contributed by atoms with van der Waals surface area (Å²) in [7, 11) is -3.61. The molecule has 0 unspecified atom stereocenters. The molecule has 0 atom stereocenters. The molecule has 6 heteroatoms. The minimum Gasteiger partial charge on any atom is -0.381 e. The summed E-state index contributed by atoms with van der Waals surface area (Å²) in [5.74, 6) is 0.944. The highest BCUT2D eigenvalue weighted by atomic mass is 32.2. The third-order valence-electron chi connectivity index (χ3n) is 8.24. The Bertz CT molecular complexity index is 1130. The fourth-order valence-electron chi connectivity index (χ4n) is 5.73. The molecule has 1 aliphatic carbocycles. The summed E-state index contributed by atoms with van der Waals surface area (Å²) < 4.78 is 37.9. The lowest BCUT2D eigenvalue weighted by molar-refractivity contribution is 0.0678. The predicted octanol–water partition coefficient (Wildman–Crippen LogP) is 6.61. The van der Waals surface area contributed by atoms with Gasteiger partial charge in [0.05, 0.1) is 0 Å². The minimum absolute atomic E-state index is 0.0237. The second-order valence-corrected chi connectivity index (χ2v) is 13.8. The van der Waals surface area contributed by atoms with Gasteiger partial charge in [0.15, 0.2) is 0 Å². The molecule has 0 bridgehead atoms. The van der Waals surface area contributed by atoms with Gasteiger partial charge >= 0.3 is 0 Å². The van der Waals surface area contributed by atoms with Crippen molar-refractivity contribution in [3.8, 4) is 11.3 Å². The molecule has 0 amide bonds. The number of aromatic nitrogens is 1. The summed E-state index contributed by atoms with van der Waals surface area (Å²) in [5, 5.41) is 0. The van der Waals surface area contributed by atoms with E-state index in [9.17, 15) is 8.42 Å². The fraction of sp³-hybridized carbons (Fsp3) is 0.667. The van der Waals surface area contributed by atoms with Gasteiger partial charge in [-0.05, 0) is 91.2 Å². The number of hydrogen-bond acceptors (Lipinski definition) is 3. The molecular formula is C30H46N2O3S. The van der Waals surface area contributed by atoms with Crippen LogP contribution in [0.1, 0.15) is 89.5 Å². The van der Waals surface area contributed by atoms with E-state index in [0.29, 0.717) is 23.3 Å². The van der Waals surface area contributed by atoms with Gasteiger partial charge < -0.3 is 9.30 Å². The van der Waals surface area contributed by atoms with E-state index in [2.05, 4.69) is 55.2 Å². The van der Waals surface area contributed by atoms with Gasteiger partial charge in [0, 0.05) is 37.7 Å². The van der Waals surface area contributed by atoms with Crippen LogP contribution in [0.4, 0.5) is 0 Å². The highest BCUT2D eigenvalue weighted by Crippen LogP contribution is 2.35. The van der Waals surface area contributed by atoms with Crippen molar-refractivity contribution in [2.45, 2.75) is 103 Å². The number of aryl methyl sites for hydroxylation is 1. The molecule has 5 nitrogen and oxygen atoms in total. The number of nitrogens with zero attached hydrogens (tertiary/aromatic N) is 1. The van der Waals surface area contributed by atoms with Crippen molar-refractivity contribution in [3.05, 3.63) is 41.1 Å². The first-order valence-electron chi connectivity index (χ1n) is 14.0. The van der Waals surface area contributed by atoms with Crippen molar-refractivity contribution < 1.29 is 13.2 Å². The summed E-state index contributed by atoms with van der Waals surface area (Å²) >= 11 is 0. The predicted molar refractivity (Wildman–Crippen MR) is 148 cm³/mol. The van der Waals surface area contributed by atoms with Crippen LogP contribution in [0.15, 0.2) is 29.2 Å². The average molecular weight is 515 g/mol. The van der Waals surface area contributed by atoms with Crippen molar-refractivity contribution in [2.24, 2.45) is 11.8 Å². The van der Waals surface area contributed by atoms with Crippen LogP contribution in [-0.4, -0.2) is 32.7 Å². The van der Waals surface area contributed by atoms with Crippen molar-refractivity contribution in [2.75, 3.05) is 19.8 Å². The van der Waals surface area contributed by atoms with Gasteiger partial charge in [-0.3, -0.25) is 0 Å². The number of sulfonamides is 1. The lowest BCUT2D eigenvalue weighted by Gasteiger charge is -2.25. The van der Waals surface area contributed by atoms with Crippen LogP contribution in [0.3, 0.4) is 0 Å². The minimum atomic E-state index is -3.61. The Kier molecular flexibility index (Phi) is 8.68. The maximum Gasteiger partial charge on any atom is 0.242 e. The Balaban J connectivity index is 1.74. The molecule has 36 heavy (non-hydrogen) atoms. The van der Waals surface area contributed by atoms with E-state index < -0.39 is 10.0 Å². The Morgan fingerprint density at radius 1 is 0.972 bits per heavy atom. The third-order valence-corrected chi connectivity index (χ3v) is 9.78. The van der Waals surface area contributed by atoms with E-state index in [1.54, 1.807) is 0 Å². The van der Waals surface area contributed by atoms with E-state index in [-0.39, 0.29) is 5.41 Å². The molecule has 1 N–H and O–H groups in total. The molecule has 1 aromatic heterocycles. The van der Waals surface area contributed by atoms with Crippen molar-refractivity contribution >= 4 is 10.0 Å². The Labute approximate surface area is 219 Å². The van der Waals surface area contributed by atoms with Crippen LogP contribution in [-0.2, 0) is 33.1 Å². The SMILES string of the molecule is CCc1cc(-c2cc(S(=O)(=O)NCC3CCOCC3)c(C)n2CC2CCCCC2)cc(C(C)(C)C)c1. The largest absolute Gasteiger partial charge is 0.381 e. The zero-order valence-electron chi connectivity index (χ0n) is 23.0. The summed E-state index contributed by atoms with van der Waals surface area (Å²) in [6.07, 6.45) is 9.10. The van der Waals surface area contributed by atoms with E-state index in [1.807, 2.05) is 13.0 Å². The van der Waals surface area contributed by atoms with Gasteiger partial charge in [-0.25, -0.2) is 13.1 Å². The Morgan fingerprint density at radius 2 is 1.67 bits per heavy atom. The molecule has 2 aromatic rings. The molecule has 200 valence electrons. The first-order valence-corrected chi connectivity index (χ1v) is 15.5. The van der Waals surface area contributed by atoms with Crippen LogP contribution in [0.5, 0.6) is 0 Å². The topological polar surface area (TPSA) is 60.3 Å². The van der Waals surface area contributed by atoms with Crippen LogP contribution in [0, 0.1) is 18.8 Å². The average Bonchev–Trinajstić information content (AvgIpc) is 3.20. The molecule has 1 aromatic carbocycles. The molecule has 2 heterocycles. The summed E-state index contributed by atoms with van der Waals surface area (Å²) in [6.45, 7) is 13.7. The molecular weight excluding hydrogens is 468 g/mol. The molecule has 0 spiro atoms. The lowest BCUT2D eigenvalue weighted by atomic mass is 9.84. The van der Waals surface area contributed by atoms with E-state index in [0.717, 1.165) is 56.0 Å². The molecule has 4 rings (SSSR count). The second kappa shape index (κ2) is 11.4. The Morgan fingerprint density at radius 3 is 2.31 bits per heavy atom. The summed E-state index contributed by atoms with van der Waals surface area (Å²) in [6, 6.07) is 8.77. The van der Waals surface area contributed by atoms with Crippen LogP contribution < -0.4 is 4.72 Å². The van der Waals surface area contributed by atoms with Gasteiger partial charge in [0.2, 0.25) is 10.0 Å². The first-order chi connectivity index (χ1) is 17.1. The maximum absolute atomic E-state index is 13.6. The fourth-order valence-corrected chi connectivity index (χ4v) is 7.10. The molecule has 0 radical (unpaired) electrons. The van der Waals surface area contributed by atoms with Gasteiger partial charge in [-0.15, -0.1) is 0 Å². The third kappa shape index (κ3) is 6.43. The monoisotopic (exact) mass is 514 g/mol. The van der Waals surface area contributed by atoms with E-state index in [4.69, 9.17) is 4.74 Å². The summed E-state index contributed by atoms with van der Waals surface area (Å²) in [5.41, 5.74) is 5.63. The van der Waals surface area contributed by atoms with E-state index >= 15 is 0 Å². The van der Waals surface area contributed by atoms with Crippen molar-refractivity contribution in [3.63, 3.8) is 0 Å².